The molecule has 78 valence electrons. The first kappa shape index (κ1) is 11.2. The number of pyridine rings is 1. The molecule has 0 amide bonds. The molecule has 1 aromatic rings. The molecular weight excluding hydrogens is 188 g/mol. The number of ether oxygens (including phenoxy) is 1. The summed E-state index contributed by atoms with van der Waals surface area (Å²) in [5.41, 5.74) is 0.972. The van der Waals surface area contributed by atoms with Crippen molar-refractivity contribution in [3.63, 3.8) is 0 Å². The van der Waals surface area contributed by atoms with E-state index in [9.17, 15) is 0 Å². The molecule has 0 radical (unpaired) electrons. The van der Waals surface area contributed by atoms with Gasteiger partial charge in [0, 0.05) is 11.9 Å². The van der Waals surface area contributed by atoms with Crippen LogP contribution in [0.3, 0.4) is 0 Å². The summed E-state index contributed by atoms with van der Waals surface area (Å²) < 4.78 is 5.50. The Morgan fingerprint density at radius 2 is 2.33 bits per heavy atom. The fourth-order valence-electron chi connectivity index (χ4n) is 0.974. The summed E-state index contributed by atoms with van der Waals surface area (Å²) >= 11 is 0. The third kappa shape index (κ3) is 4.22. The van der Waals surface area contributed by atoms with Crippen molar-refractivity contribution in [2.75, 3.05) is 0 Å². The minimum atomic E-state index is 0.731. The molecule has 0 aromatic carbocycles. The highest BCUT2D eigenvalue weighted by Gasteiger charge is 1.94. The lowest BCUT2D eigenvalue weighted by Crippen LogP contribution is -1.91. The fraction of sp³-hybridized carbons (Fsp3) is 0.167. The average Bonchev–Trinajstić information content (AvgIpc) is 2.22. The number of aliphatic imine (C=N–C) groups is 1. The Bertz CT molecular complexity index is 377. The standard InChI is InChI=1S/C12H14N2O/c1-10-6-7-12(9-14-10)15-11(2)5-4-8-13-3/h4-9H,3H2,1-2H3/b8-4-,11-5+. The maximum absolute atomic E-state index is 5.50. The fourth-order valence-corrected chi connectivity index (χ4v) is 0.974. The van der Waals surface area contributed by atoms with Crippen LogP contribution in [0.15, 0.2) is 47.4 Å². The predicted octanol–water partition coefficient (Wildman–Crippen LogP) is 2.89. The quantitative estimate of drug-likeness (QED) is 0.427. The third-order valence-corrected chi connectivity index (χ3v) is 1.69. The minimum absolute atomic E-state index is 0.731. The molecule has 3 nitrogen and oxygen atoms in total. The van der Waals surface area contributed by atoms with Crippen molar-refractivity contribution in [2.45, 2.75) is 13.8 Å². The molecule has 0 N–H and O–H groups in total. The molecule has 1 rings (SSSR count). The van der Waals surface area contributed by atoms with Crippen LogP contribution < -0.4 is 4.74 Å². The van der Waals surface area contributed by atoms with E-state index in [1.54, 1.807) is 18.5 Å². The Balaban J connectivity index is 2.61. The topological polar surface area (TPSA) is 34.5 Å². The summed E-state index contributed by atoms with van der Waals surface area (Å²) in [5, 5.41) is 0. The number of hydrogen-bond acceptors (Lipinski definition) is 3. The number of aryl methyl sites for hydroxylation is 1. The van der Waals surface area contributed by atoms with E-state index in [1.807, 2.05) is 32.1 Å². The van der Waals surface area contributed by atoms with Crippen molar-refractivity contribution in [1.29, 1.82) is 0 Å². The first-order chi connectivity index (χ1) is 7.22. The van der Waals surface area contributed by atoms with Gasteiger partial charge in [-0.25, -0.2) is 0 Å². The molecule has 0 spiro atoms. The van der Waals surface area contributed by atoms with Crippen LogP contribution in [0.25, 0.3) is 0 Å². The van der Waals surface area contributed by atoms with E-state index in [4.69, 9.17) is 4.74 Å². The summed E-state index contributed by atoms with van der Waals surface area (Å²) in [6.07, 6.45) is 6.88. The first-order valence-electron chi connectivity index (χ1n) is 4.62. The van der Waals surface area contributed by atoms with Gasteiger partial charge in [-0.1, -0.05) is 0 Å². The Labute approximate surface area is 89.8 Å². The van der Waals surface area contributed by atoms with Crippen LogP contribution in [0.1, 0.15) is 12.6 Å². The van der Waals surface area contributed by atoms with E-state index in [2.05, 4.69) is 16.7 Å². The Morgan fingerprint density at radius 1 is 1.53 bits per heavy atom. The highest BCUT2D eigenvalue weighted by Crippen LogP contribution is 2.12. The van der Waals surface area contributed by atoms with Crippen LogP contribution >= 0.6 is 0 Å². The van der Waals surface area contributed by atoms with Crippen molar-refractivity contribution in [3.05, 3.63) is 48.1 Å². The van der Waals surface area contributed by atoms with Gasteiger partial charge in [0.25, 0.3) is 0 Å². The Hall–Kier alpha value is -1.90. The van der Waals surface area contributed by atoms with E-state index in [1.165, 1.54) is 0 Å². The summed E-state index contributed by atoms with van der Waals surface area (Å²) in [7, 11) is 0. The van der Waals surface area contributed by atoms with E-state index in [-0.39, 0.29) is 0 Å². The van der Waals surface area contributed by atoms with E-state index >= 15 is 0 Å². The van der Waals surface area contributed by atoms with Gasteiger partial charge in [-0.15, -0.1) is 0 Å². The lowest BCUT2D eigenvalue weighted by molar-refractivity contribution is 0.426. The molecule has 0 aliphatic carbocycles. The molecule has 0 fully saturated rings. The van der Waals surface area contributed by atoms with Crippen molar-refractivity contribution in [2.24, 2.45) is 4.99 Å². The zero-order chi connectivity index (χ0) is 11.1. The smallest absolute Gasteiger partial charge is 0.145 e. The SMILES string of the molecule is C=N/C=C\C=C(/C)Oc1ccc(C)nc1. The monoisotopic (exact) mass is 202 g/mol. The second-order valence-electron chi connectivity index (χ2n) is 3.04. The van der Waals surface area contributed by atoms with E-state index < -0.39 is 0 Å². The molecule has 0 aliphatic rings. The molecule has 0 atom stereocenters. The largest absolute Gasteiger partial charge is 0.460 e. The highest BCUT2D eigenvalue weighted by molar-refractivity contribution is 5.26. The molecule has 0 saturated carbocycles. The summed E-state index contributed by atoms with van der Waals surface area (Å²) in [6.45, 7) is 7.14. The molecule has 15 heavy (non-hydrogen) atoms. The van der Waals surface area contributed by atoms with Gasteiger partial charge in [0.05, 0.1) is 6.20 Å². The lowest BCUT2D eigenvalue weighted by atomic mass is 10.4. The minimum Gasteiger partial charge on any atom is -0.460 e. The predicted molar refractivity (Wildman–Crippen MR) is 62.0 cm³/mol. The number of nitrogens with zero attached hydrogens (tertiary/aromatic N) is 2. The van der Waals surface area contributed by atoms with Gasteiger partial charge in [-0.2, -0.15) is 0 Å². The van der Waals surface area contributed by atoms with Crippen LogP contribution in [0.4, 0.5) is 0 Å². The van der Waals surface area contributed by atoms with Gasteiger partial charge in [0.15, 0.2) is 0 Å². The van der Waals surface area contributed by atoms with Crippen LogP contribution in [0, 0.1) is 6.92 Å². The van der Waals surface area contributed by atoms with Gasteiger partial charge >= 0.3 is 0 Å². The van der Waals surface area contributed by atoms with Gasteiger partial charge in [-0.3, -0.25) is 9.98 Å². The van der Waals surface area contributed by atoms with Crippen LogP contribution in [0.2, 0.25) is 0 Å². The zero-order valence-corrected chi connectivity index (χ0v) is 8.97. The molecule has 0 saturated heterocycles. The van der Waals surface area contributed by atoms with Gasteiger partial charge in [0.2, 0.25) is 0 Å². The van der Waals surface area contributed by atoms with Crippen molar-refractivity contribution in [1.82, 2.24) is 4.98 Å². The average molecular weight is 202 g/mol. The molecule has 1 aromatic heterocycles. The third-order valence-electron chi connectivity index (χ3n) is 1.69. The van der Waals surface area contributed by atoms with Crippen molar-refractivity contribution < 1.29 is 4.74 Å². The molecular formula is C12H14N2O. The van der Waals surface area contributed by atoms with Gasteiger partial charge < -0.3 is 4.74 Å². The lowest BCUT2D eigenvalue weighted by Gasteiger charge is -2.04. The van der Waals surface area contributed by atoms with Gasteiger partial charge in [0.1, 0.15) is 11.5 Å². The molecule has 3 heteroatoms. The first-order valence-corrected chi connectivity index (χ1v) is 4.62. The van der Waals surface area contributed by atoms with Crippen molar-refractivity contribution >= 4 is 6.72 Å². The van der Waals surface area contributed by atoms with E-state index in [0.717, 1.165) is 17.2 Å². The maximum Gasteiger partial charge on any atom is 0.145 e. The molecule has 0 aliphatic heterocycles. The number of hydrogen-bond donors (Lipinski definition) is 0. The Kier molecular flexibility index (Phi) is 4.29. The summed E-state index contributed by atoms with van der Waals surface area (Å²) in [5.74, 6) is 1.51. The second-order valence-corrected chi connectivity index (χ2v) is 3.04. The second kappa shape index (κ2) is 5.75. The number of aromatic nitrogens is 1. The molecule has 0 bridgehead atoms. The molecule has 0 unspecified atom stereocenters. The van der Waals surface area contributed by atoms with Gasteiger partial charge in [-0.05, 0) is 44.8 Å². The van der Waals surface area contributed by atoms with Crippen LogP contribution in [0.5, 0.6) is 5.75 Å². The Morgan fingerprint density at radius 3 is 2.93 bits per heavy atom. The summed E-state index contributed by atoms with van der Waals surface area (Å²) in [6, 6.07) is 3.79. The van der Waals surface area contributed by atoms with E-state index in [0.29, 0.717) is 0 Å². The molecule has 1 heterocycles. The zero-order valence-electron chi connectivity index (χ0n) is 8.97. The highest BCUT2D eigenvalue weighted by atomic mass is 16.5. The van der Waals surface area contributed by atoms with Crippen molar-refractivity contribution in [3.8, 4) is 5.75 Å². The number of rotatable bonds is 4. The number of allylic oxidation sites excluding steroid dienone is 3. The van der Waals surface area contributed by atoms with Crippen LogP contribution in [-0.4, -0.2) is 11.7 Å². The van der Waals surface area contributed by atoms with Crippen LogP contribution in [-0.2, 0) is 0 Å². The maximum atomic E-state index is 5.50. The summed E-state index contributed by atoms with van der Waals surface area (Å²) in [4.78, 5) is 7.71. The normalized spacial score (nSPS) is 11.7.